The zero-order valence-corrected chi connectivity index (χ0v) is 27.4. The van der Waals surface area contributed by atoms with E-state index in [1.807, 2.05) is 13.8 Å². The lowest BCUT2D eigenvalue weighted by Gasteiger charge is -2.41. The number of hydrogen-bond acceptors (Lipinski definition) is 11. The van der Waals surface area contributed by atoms with E-state index in [1.54, 1.807) is 0 Å². The summed E-state index contributed by atoms with van der Waals surface area (Å²) in [7, 11) is 0. The summed E-state index contributed by atoms with van der Waals surface area (Å²) in [5.74, 6) is -4.31. The van der Waals surface area contributed by atoms with E-state index in [2.05, 4.69) is 41.2 Å². The average Bonchev–Trinajstić information content (AvgIpc) is 3.02. The molecule has 258 valence electrons. The van der Waals surface area contributed by atoms with Crippen LogP contribution in [0, 0.1) is 0 Å². The van der Waals surface area contributed by atoms with Gasteiger partial charge in [-0.25, -0.2) is 9.78 Å². The summed E-state index contributed by atoms with van der Waals surface area (Å²) in [6, 6.07) is 7.04. The van der Waals surface area contributed by atoms with Crippen LogP contribution in [0.5, 0.6) is 5.75 Å². The van der Waals surface area contributed by atoms with E-state index in [1.165, 1.54) is 36.5 Å². The maximum absolute atomic E-state index is 13.8. The molecular weight excluding hydrogens is 721 g/mol. The number of carbonyl (C=O) groups is 3. The third-order valence-electron chi connectivity index (χ3n) is 7.75. The molecular formula is C29H33BrClF3N4O9. The third kappa shape index (κ3) is 8.70. The van der Waals surface area contributed by atoms with E-state index in [0.717, 1.165) is 0 Å². The second-order valence-electron chi connectivity index (χ2n) is 11.2. The molecule has 2 saturated heterocycles. The summed E-state index contributed by atoms with van der Waals surface area (Å²) < 4.78 is 53.9. The van der Waals surface area contributed by atoms with Gasteiger partial charge in [-0.05, 0) is 51.0 Å². The highest BCUT2D eigenvalue weighted by Crippen LogP contribution is 2.38. The summed E-state index contributed by atoms with van der Waals surface area (Å²) in [5.41, 5.74) is -0.429. The Labute approximate surface area is 280 Å². The van der Waals surface area contributed by atoms with Gasteiger partial charge < -0.3 is 45.1 Å². The van der Waals surface area contributed by atoms with Crippen LogP contribution in [0.15, 0.2) is 36.5 Å². The molecule has 3 heterocycles. The van der Waals surface area contributed by atoms with Crippen molar-refractivity contribution in [3.8, 4) is 5.75 Å². The second-order valence-corrected chi connectivity index (χ2v) is 13.2. The van der Waals surface area contributed by atoms with Gasteiger partial charge in [0.1, 0.15) is 34.2 Å². The normalized spacial score (nSPS) is 24.8. The number of pyridine rings is 1. The number of amides is 2. The van der Waals surface area contributed by atoms with Gasteiger partial charge in [0.25, 0.3) is 5.91 Å². The smallest absolute Gasteiger partial charge is 0.459 e. The van der Waals surface area contributed by atoms with Crippen molar-refractivity contribution in [2.45, 2.75) is 73.9 Å². The van der Waals surface area contributed by atoms with Crippen molar-refractivity contribution >= 4 is 56.8 Å². The number of halogens is 5. The number of benzene rings is 1. The molecule has 0 radical (unpaired) electrons. The number of likely N-dealkylation sites (tertiary alicyclic amines) is 1. The number of anilines is 2. The highest BCUT2D eigenvalue weighted by molar-refractivity contribution is 9.10. The van der Waals surface area contributed by atoms with E-state index in [4.69, 9.17) is 21.1 Å². The van der Waals surface area contributed by atoms with Crippen LogP contribution in [-0.2, 0) is 19.1 Å². The van der Waals surface area contributed by atoms with Crippen molar-refractivity contribution in [2.75, 3.05) is 30.3 Å². The first-order chi connectivity index (χ1) is 22.0. The molecule has 1 unspecified atom stereocenters. The van der Waals surface area contributed by atoms with Crippen LogP contribution in [0.1, 0.15) is 37.0 Å². The molecule has 2 aromatic rings. The molecule has 0 aliphatic carbocycles. The molecule has 0 bridgehead atoms. The Hall–Kier alpha value is -3.06. The highest BCUT2D eigenvalue weighted by Gasteiger charge is 2.52. The molecule has 47 heavy (non-hydrogen) atoms. The number of aromatic nitrogens is 1. The first-order valence-corrected chi connectivity index (χ1v) is 15.6. The monoisotopic (exact) mass is 752 g/mol. The lowest BCUT2D eigenvalue weighted by atomic mass is 9.94. The predicted molar refractivity (Wildman–Crippen MR) is 164 cm³/mol. The number of rotatable bonds is 9. The molecule has 5 atom stereocenters. The molecule has 4 rings (SSSR count). The molecule has 2 aliphatic rings. The number of nitrogens with zero attached hydrogens (tertiary/aromatic N) is 2. The van der Waals surface area contributed by atoms with Gasteiger partial charge in [-0.1, -0.05) is 33.6 Å². The molecule has 1 aromatic heterocycles. The van der Waals surface area contributed by atoms with Crippen molar-refractivity contribution < 1.29 is 57.1 Å². The fourth-order valence-corrected chi connectivity index (χ4v) is 5.59. The molecule has 18 heteroatoms. The minimum Gasteiger partial charge on any atom is -0.459 e. The van der Waals surface area contributed by atoms with Crippen molar-refractivity contribution in [3.05, 3.63) is 47.1 Å². The summed E-state index contributed by atoms with van der Waals surface area (Å²) in [5, 5.41) is 36.1. The predicted octanol–water partition coefficient (Wildman–Crippen LogP) is 2.86. The van der Waals surface area contributed by atoms with Crippen LogP contribution < -0.4 is 15.4 Å². The molecule has 2 amide bonds. The van der Waals surface area contributed by atoms with Crippen molar-refractivity contribution in [1.82, 2.24) is 9.88 Å². The summed E-state index contributed by atoms with van der Waals surface area (Å²) in [6.07, 6.45) is -13.5. The number of aliphatic hydroxyl groups is 3. The number of carbonyl (C=O) groups excluding carboxylic acids is 3. The molecule has 0 spiro atoms. The van der Waals surface area contributed by atoms with Gasteiger partial charge in [0, 0.05) is 25.3 Å². The fraction of sp³-hybridized carbons (Fsp3) is 0.517. The van der Waals surface area contributed by atoms with Crippen LogP contribution in [0.4, 0.5) is 24.7 Å². The van der Waals surface area contributed by atoms with Crippen molar-refractivity contribution in [3.63, 3.8) is 0 Å². The molecule has 1 aromatic carbocycles. The number of esters is 1. The highest BCUT2D eigenvalue weighted by atomic mass is 79.9. The van der Waals surface area contributed by atoms with Gasteiger partial charge in [-0.3, -0.25) is 9.59 Å². The lowest BCUT2D eigenvalue weighted by Crippen LogP contribution is -2.61. The first kappa shape index (κ1) is 36.8. The zero-order valence-electron chi connectivity index (χ0n) is 25.0. The Morgan fingerprint density at radius 3 is 2.40 bits per heavy atom. The largest absolute Gasteiger partial charge is 0.490 e. The maximum Gasteiger partial charge on any atom is 0.490 e. The SMILES string of the molecule is CC(C)N1CCC(Br)(C(=O)Nc2c(OC3O[C@H](CO)[C@H](O)[C@H](O)[C@H]3OC(=O)C(F)(F)F)cccc2C(=O)Nc2ccc(Cl)cn2)CC1. The van der Waals surface area contributed by atoms with E-state index < -0.39 is 65.6 Å². The third-order valence-corrected chi connectivity index (χ3v) is 9.13. The Kier molecular flexibility index (Phi) is 11.7. The van der Waals surface area contributed by atoms with Gasteiger partial charge >= 0.3 is 12.1 Å². The van der Waals surface area contributed by atoms with Gasteiger partial charge in [-0.2, -0.15) is 13.2 Å². The van der Waals surface area contributed by atoms with Crippen LogP contribution >= 0.6 is 27.5 Å². The zero-order chi connectivity index (χ0) is 34.7. The van der Waals surface area contributed by atoms with Crippen LogP contribution in [0.3, 0.4) is 0 Å². The van der Waals surface area contributed by atoms with Crippen LogP contribution in [0.25, 0.3) is 0 Å². The molecule has 0 saturated carbocycles. The molecule has 2 aliphatic heterocycles. The Morgan fingerprint density at radius 1 is 1.15 bits per heavy atom. The molecule has 13 nitrogen and oxygen atoms in total. The number of alkyl halides is 4. The summed E-state index contributed by atoms with van der Waals surface area (Å²) in [6.45, 7) is 4.31. The number of ether oxygens (including phenoxy) is 3. The minimum absolute atomic E-state index is 0.0960. The van der Waals surface area contributed by atoms with Gasteiger partial charge in [0.2, 0.25) is 12.2 Å². The Balaban J connectivity index is 1.71. The summed E-state index contributed by atoms with van der Waals surface area (Å²) >= 11 is 9.43. The number of para-hydroxylation sites is 1. The first-order valence-electron chi connectivity index (χ1n) is 14.4. The van der Waals surface area contributed by atoms with Crippen molar-refractivity contribution in [1.29, 1.82) is 0 Å². The number of aliphatic hydroxyl groups excluding tert-OH is 3. The van der Waals surface area contributed by atoms with E-state index in [-0.39, 0.29) is 28.9 Å². The minimum atomic E-state index is -5.48. The van der Waals surface area contributed by atoms with E-state index in [9.17, 15) is 42.9 Å². The number of piperidine rings is 1. The maximum atomic E-state index is 13.8. The standard InChI is InChI=1S/C29H33BrClF3N4O9/c1-14(2)38-10-8-28(30,9-11-38)26(43)37-20-16(24(42)36-19-7-6-15(31)12-35-19)4-3-5-17(20)45-25-23(47-27(44)29(32,33)34)22(41)21(40)18(13-39)46-25/h3-7,12,14,18,21-23,25,39-41H,8-11,13H2,1-2H3,(H,37,43)(H,35,36,42)/t18-,21+,22+,23-,25?/m1/s1. The van der Waals surface area contributed by atoms with Gasteiger partial charge in [-0.15, -0.1) is 0 Å². The topological polar surface area (TPSA) is 180 Å². The van der Waals surface area contributed by atoms with Crippen molar-refractivity contribution in [2.24, 2.45) is 0 Å². The number of nitrogens with one attached hydrogen (secondary N) is 2. The van der Waals surface area contributed by atoms with Gasteiger partial charge in [0.15, 0.2) is 6.10 Å². The van der Waals surface area contributed by atoms with Crippen LogP contribution in [0.2, 0.25) is 5.02 Å². The second kappa shape index (κ2) is 15.0. The summed E-state index contributed by atoms with van der Waals surface area (Å²) in [4.78, 5) is 45.2. The molecule has 5 N–H and O–H groups in total. The van der Waals surface area contributed by atoms with E-state index in [0.29, 0.717) is 31.0 Å². The average molecular weight is 754 g/mol. The van der Waals surface area contributed by atoms with Crippen LogP contribution in [-0.4, -0.2) is 110 Å². The molecule has 2 fully saturated rings. The van der Waals surface area contributed by atoms with E-state index >= 15 is 0 Å². The quantitative estimate of drug-likeness (QED) is 0.188. The number of hydrogen-bond donors (Lipinski definition) is 5. The van der Waals surface area contributed by atoms with Gasteiger partial charge in [0.05, 0.1) is 22.9 Å². The lowest BCUT2D eigenvalue weighted by molar-refractivity contribution is -0.290. The Bertz CT molecular complexity index is 1450. The fourth-order valence-electron chi connectivity index (χ4n) is 5.02. The Morgan fingerprint density at radius 2 is 1.83 bits per heavy atom.